The van der Waals surface area contributed by atoms with Gasteiger partial charge in [0.25, 0.3) is 5.91 Å². The zero-order valence-corrected chi connectivity index (χ0v) is 13.6. The van der Waals surface area contributed by atoms with Crippen LogP contribution in [0.2, 0.25) is 0 Å². The number of carbonyl (C=O) groups excluding carboxylic acids is 1. The van der Waals surface area contributed by atoms with Crippen molar-refractivity contribution in [2.75, 3.05) is 0 Å². The Balaban J connectivity index is 2.78. The van der Waals surface area contributed by atoms with E-state index in [0.29, 0.717) is 11.3 Å². The lowest BCUT2D eigenvalue weighted by Gasteiger charge is -2.21. The zero-order chi connectivity index (χ0) is 16.0. The molecule has 0 bridgehead atoms. The standard InChI is InChI=1S/C17H27NO3/c1-6-14(7-2)18-17(20)13(5)21-16-9-8-11(3)10-15(16)12(4)19/h8-10,12-14,19H,6-7H2,1-5H3,(H,18,20)/t12-,13?/m0/s1. The van der Waals surface area contributed by atoms with Crippen molar-refractivity contribution in [3.8, 4) is 5.75 Å². The minimum atomic E-state index is -0.630. The van der Waals surface area contributed by atoms with Gasteiger partial charge in [0.15, 0.2) is 6.10 Å². The summed E-state index contributed by atoms with van der Waals surface area (Å²) in [5, 5.41) is 12.8. The molecule has 0 fully saturated rings. The Bertz CT molecular complexity index is 467. The first kappa shape index (κ1) is 17.5. The van der Waals surface area contributed by atoms with Crippen LogP contribution < -0.4 is 10.1 Å². The largest absolute Gasteiger partial charge is 0.481 e. The second kappa shape index (κ2) is 8.03. The van der Waals surface area contributed by atoms with Crippen LogP contribution in [-0.2, 0) is 4.79 Å². The third kappa shape index (κ3) is 5.05. The molecule has 1 aromatic rings. The van der Waals surface area contributed by atoms with Crippen molar-refractivity contribution in [2.45, 2.75) is 65.7 Å². The number of benzene rings is 1. The summed E-state index contributed by atoms with van der Waals surface area (Å²) < 4.78 is 5.74. The Kier molecular flexibility index (Phi) is 6.69. The number of ether oxygens (including phenoxy) is 1. The third-order valence-corrected chi connectivity index (χ3v) is 3.62. The van der Waals surface area contributed by atoms with E-state index in [4.69, 9.17) is 4.74 Å². The molecule has 1 rings (SSSR count). The first-order chi connectivity index (χ1) is 9.88. The lowest BCUT2D eigenvalue weighted by Crippen LogP contribution is -2.42. The molecule has 0 heterocycles. The van der Waals surface area contributed by atoms with Gasteiger partial charge in [-0.15, -0.1) is 0 Å². The third-order valence-electron chi connectivity index (χ3n) is 3.62. The second-order valence-electron chi connectivity index (χ2n) is 5.50. The molecule has 1 unspecified atom stereocenters. The fourth-order valence-corrected chi connectivity index (χ4v) is 2.16. The van der Waals surface area contributed by atoms with E-state index < -0.39 is 12.2 Å². The highest BCUT2D eigenvalue weighted by atomic mass is 16.5. The summed E-state index contributed by atoms with van der Waals surface area (Å²) in [5.41, 5.74) is 1.75. The quantitative estimate of drug-likeness (QED) is 0.812. The summed E-state index contributed by atoms with van der Waals surface area (Å²) in [7, 11) is 0. The van der Waals surface area contributed by atoms with Crippen LogP contribution >= 0.6 is 0 Å². The molecular weight excluding hydrogens is 266 g/mol. The van der Waals surface area contributed by atoms with E-state index in [1.165, 1.54) is 0 Å². The first-order valence-corrected chi connectivity index (χ1v) is 7.64. The fourth-order valence-electron chi connectivity index (χ4n) is 2.16. The van der Waals surface area contributed by atoms with E-state index in [9.17, 15) is 9.90 Å². The lowest BCUT2D eigenvalue weighted by atomic mass is 10.1. The van der Waals surface area contributed by atoms with Gasteiger partial charge in [-0.25, -0.2) is 0 Å². The van der Waals surface area contributed by atoms with Crippen molar-refractivity contribution in [1.29, 1.82) is 0 Å². The van der Waals surface area contributed by atoms with Crippen LogP contribution in [0.4, 0.5) is 0 Å². The highest BCUT2D eigenvalue weighted by Gasteiger charge is 2.19. The number of rotatable bonds is 7. The van der Waals surface area contributed by atoms with Gasteiger partial charge in [-0.3, -0.25) is 4.79 Å². The zero-order valence-electron chi connectivity index (χ0n) is 13.6. The fraction of sp³-hybridized carbons (Fsp3) is 0.588. The summed E-state index contributed by atoms with van der Waals surface area (Å²) in [4.78, 5) is 12.1. The average Bonchev–Trinajstić information content (AvgIpc) is 2.45. The maximum atomic E-state index is 12.1. The van der Waals surface area contributed by atoms with Crippen LogP contribution in [0, 0.1) is 6.92 Å². The molecule has 0 aliphatic heterocycles. The van der Waals surface area contributed by atoms with E-state index in [1.54, 1.807) is 19.9 Å². The summed E-state index contributed by atoms with van der Waals surface area (Å²) in [6, 6.07) is 5.77. The molecule has 4 heteroatoms. The van der Waals surface area contributed by atoms with Crippen LogP contribution in [-0.4, -0.2) is 23.2 Å². The highest BCUT2D eigenvalue weighted by molar-refractivity contribution is 5.81. The molecule has 118 valence electrons. The van der Waals surface area contributed by atoms with Crippen molar-refractivity contribution in [3.05, 3.63) is 29.3 Å². The van der Waals surface area contributed by atoms with Gasteiger partial charge in [0.2, 0.25) is 0 Å². The van der Waals surface area contributed by atoms with Gasteiger partial charge in [0.1, 0.15) is 5.75 Å². The molecule has 0 aliphatic carbocycles. The molecule has 2 atom stereocenters. The van der Waals surface area contributed by atoms with Gasteiger partial charge >= 0.3 is 0 Å². The molecular formula is C17H27NO3. The van der Waals surface area contributed by atoms with E-state index >= 15 is 0 Å². The summed E-state index contributed by atoms with van der Waals surface area (Å²) >= 11 is 0. The van der Waals surface area contributed by atoms with E-state index in [2.05, 4.69) is 5.32 Å². The first-order valence-electron chi connectivity index (χ1n) is 7.64. The minimum absolute atomic E-state index is 0.124. The summed E-state index contributed by atoms with van der Waals surface area (Å²) in [6.07, 6.45) is 0.580. The topological polar surface area (TPSA) is 58.6 Å². The molecule has 4 nitrogen and oxygen atoms in total. The van der Waals surface area contributed by atoms with E-state index in [0.717, 1.165) is 18.4 Å². The van der Waals surface area contributed by atoms with Crippen LogP contribution in [0.5, 0.6) is 5.75 Å². The van der Waals surface area contributed by atoms with Crippen molar-refractivity contribution < 1.29 is 14.6 Å². The summed E-state index contributed by atoms with van der Waals surface area (Å²) in [6.45, 7) is 9.47. The van der Waals surface area contributed by atoms with Gasteiger partial charge in [-0.05, 0) is 45.7 Å². The van der Waals surface area contributed by atoms with Gasteiger partial charge in [-0.1, -0.05) is 25.5 Å². The molecule has 2 N–H and O–H groups in total. The Morgan fingerprint density at radius 1 is 1.29 bits per heavy atom. The number of amides is 1. The maximum absolute atomic E-state index is 12.1. The Labute approximate surface area is 127 Å². The van der Waals surface area contributed by atoms with Crippen LogP contribution in [0.25, 0.3) is 0 Å². The monoisotopic (exact) mass is 293 g/mol. The molecule has 1 aromatic carbocycles. The van der Waals surface area contributed by atoms with E-state index in [1.807, 2.05) is 32.9 Å². The lowest BCUT2D eigenvalue weighted by molar-refractivity contribution is -0.128. The Morgan fingerprint density at radius 2 is 1.90 bits per heavy atom. The number of aliphatic hydroxyl groups is 1. The highest BCUT2D eigenvalue weighted by Crippen LogP contribution is 2.27. The van der Waals surface area contributed by atoms with Gasteiger partial charge in [0, 0.05) is 11.6 Å². The number of carbonyl (C=O) groups is 1. The molecule has 1 amide bonds. The van der Waals surface area contributed by atoms with Crippen molar-refractivity contribution in [3.63, 3.8) is 0 Å². The second-order valence-corrected chi connectivity index (χ2v) is 5.50. The molecule has 0 aliphatic rings. The van der Waals surface area contributed by atoms with Crippen molar-refractivity contribution in [2.24, 2.45) is 0 Å². The van der Waals surface area contributed by atoms with Crippen LogP contribution in [0.3, 0.4) is 0 Å². The van der Waals surface area contributed by atoms with Crippen molar-refractivity contribution >= 4 is 5.91 Å². The smallest absolute Gasteiger partial charge is 0.260 e. The number of hydrogen-bond donors (Lipinski definition) is 2. The molecule has 0 aromatic heterocycles. The molecule has 0 saturated heterocycles. The summed E-state index contributed by atoms with van der Waals surface area (Å²) in [5.74, 6) is 0.434. The molecule has 0 saturated carbocycles. The van der Waals surface area contributed by atoms with Crippen molar-refractivity contribution in [1.82, 2.24) is 5.32 Å². The number of hydrogen-bond acceptors (Lipinski definition) is 3. The minimum Gasteiger partial charge on any atom is -0.481 e. The van der Waals surface area contributed by atoms with Crippen LogP contribution in [0.1, 0.15) is 57.8 Å². The predicted octanol–water partition coefficient (Wildman–Crippen LogP) is 3.12. The maximum Gasteiger partial charge on any atom is 0.260 e. The van der Waals surface area contributed by atoms with E-state index in [-0.39, 0.29) is 11.9 Å². The molecule has 21 heavy (non-hydrogen) atoms. The number of nitrogens with one attached hydrogen (secondary N) is 1. The SMILES string of the molecule is CCC(CC)NC(=O)C(C)Oc1ccc(C)cc1[C@H](C)O. The normalized spacial score (nSPS) is 13.9. The Morgan fingerprint density at radius 3 is 2.43 bits per heavy atom. The molecule has 0 spiro atoms. The van der Waals surface area contributed by atoms with Gasteiger partial charge < -0.3 is 15.2 Å². The Hall–Kier alpha value is -1.55. The number of aliphatic hydroxyl groups excluding tert-OH is 1. The molecule has 0 radical (unpaired) electrons. The van der Waals surface area contributed by atoms with Gasteiger partial charge in [-0.2, -0.15) is 0 Å². The van der Waals surface area contributed by atoms with Crippen LogP contribution in [0.15, 0.2) is 18.2 Å². The number of aryl methyl sites for hydroxylation is 1. The van der Waals surface area contributed by atoms with Gasteiger partial charge in [0.05, 0.1) is 6.10 Å². The average molecular weight is 293 g/mol. The predicted molar refractivity (Wildman–Crippen MR) is 84.4 cm³/mol.